The van der Waals surface area contributed by atoms with Crippen LogP contribution in [0.15, 0.2) is 18.2 Å². The fourth-order valence-electron chi connectivity index (χ4n) is 1.86. The molecule has 1 aliphatic heterocycles. The van der Waals surface area contributed by atoms with Gasteiger partial charge in [-0.05, 0) is 24.1 Å². The Kier molecular flexibility index (Phi) is 4.04. The maximum absolute atomic E-state index is 10.5. The van der Waals surface area contributed by atoms with Crippen LogP contribution in [-0.2, 0) is 4.79 Å². The first kappa shape index (κ1) is 12.7. The van der Waals surface area contributed by atoms with Crippen LogP contribution in [0.4, 0.5) is 0 Å². The zero-order valence-corrected chi connectivity index (χ0v) is 10.1. The number of carbonyl (C=O) groups is 1. The van der Waals surface area contributed by atoms with Gasteiger partial charge >= 0.3 is 5.97 Å². The number of hydrogen-bond acceptors (Lipinski definition) is 4. The monoisotopic (exact) mass is 251 g/mol. The van der Waals surface area contributed by atoms with Gasteiger partial charge in [0.15, 0.2) is 11.5 Å². The molecule has 1 unspecified atom stereocenters. The number of aliphatic carboxylic acids is 1. The molecule has 0 saturated carbocycles. The molecule has 0 saturated heterocycles. The lowest BCUT2D eigenvalue weighted by Gasteiger charge is -2.14. The number of carboxylic acid groups (broad SMARTS) is 1. The van der Waals surface area contributed by atoms with Crippen LogP contribution in [0, 0.1) is 0 Å². The Morgan fingerprint density at radius 2 is 2.06 bits per heavy atom. The number of nitrogens with two attached hydrogens (primary N) is 1. The number of carboxylic acids is 1. The summed E-state index contributed by atoms with van der Waals surface area (Å²) in [5.41, 5.74) is 6.83. The van der Waals surface area contributed by atoms with Gasteiger partial charge in [-0.3, -0.25) is 4.79 Å². The van der Waals surface area contributed by atoms with Crippen LogP contribution >= 0.6 is 0 Å². The number of hydrogen-bond donors (Lipinski definition) is 2. The highest BCUT2D eigenvalue weighted by molar-refractivity contribution is 5.66. The van der Waals surface area contributed by atoms with E-state index >= 15 is 0 Å². The summed E-state index contributed by atoms with van der Waals surface area (Å²) in [5.74, 6) is 0.581. The molecule has 1 aromatic rings. The van der Waals surface area contributed by atoms with Crippen molar-refractivity contribution in [1.29, 1.82) is 0 Å². The molecule has 0 radical (unpaired) electrons. The zero-order chi connectivity index (χ0) is 13.0. The largest absolute Gasteiger partial charge is 0.490 e. The SMILES string of the molecule is NC(CCC(=O)O)c1ccc2c(c1)OCCCO2. The van der Waals surface area contributed by atoms with E-state index in [2.05, 4.69) is 0 Å². The molecule has 0 amide bonds. The lowest BCUT2D eigenvalue weighted by molar-refractivity contribution is -0.137. The molecule has 18 heavy (non-hydrogen) atoms. The summed E-state index contributed by atoms with van der Waals surface area (Å²) in [6.45, 7) is 1.28. The summed E-state index contributed by atoms with van der Waals surface area (Å²) in [6, 6.07) is 5.24. The van der Waals surface area contributed by atoms with Crippen LogP contribution < -0.4 is 15.2 Å². The van der Waals surface area contributed by atoms with E-state index in [0.29, 0.717) is 25.4 Å². The molecular weight excluding hydrogens is 234 g/mol. The topological polar surface area (TPSA) is 81.8 Å². The maximum Gasteiger partial charge on any atom is 0.303 e. The van der Waals surface area contributed by atoms with E-state index in [4.69, 9.17) is 20.3 Å². The summed E-state index contributed by atoms with van der Waals surface area (Å²) in [5, 5.41) is 8.64. The van der Waals surface area contributed by atoms with E-state index in [1.54, 1.807) is 0 Å². The molecule has 0 fully saturated rings. The van der Waals surface area contributed by atoms with E-state index in [1.807, 2.05) is 18.2 Å². The maximum atomic E-state index is 10.5. The molecular formula is C13H17NO4. The fourth-order valence-corrected chi connectivity index (χ4v) is 1.86. The van der Waals surface area contributed by atoms with Gasteiger partial charge in [0.2, 0.25) is 0 Å². The Bertz CT molecular complexity index is 433. The number of rotatable bonds is 4. The number of fused-ring (bicyclic) bond motifs is 1. The van der Waals surface area contributed by atoms with Crippen LogP contribution in [0.2, 0.25) is 0 Å². The van der Waals surface area contributed by atoms with Crippen molar-refractivity contribution >= 4 is 5.97 Å². The van der Waals surface area contributed by atoms with Gasteiger partial charge in [0.1, 0.15) is 0 Å². The van der Waals surface area contributed by atoms with E-state index in [0.717, 1.165) is 17.7 Å². The van der Waals surface area contributed by atoms with Crippen LogP contribution in [0.5, 0.6) is 11.5 Å². The Morgan fingerprint density at radius 3 is 2.78 bits per heavy atom. The lowest BCUT2D eigenvalue weighted by atomic mass is 10.0. The molecule has 5 heteroatoms. The predicted octanol–water partition coefficient (Wildman–Crippen LogP) is 1.71. The normalized spacial score (nSPS) is 15.8. The van der Waals surface area contributed by atoms with Gasteiger partial charge in [-0.2, -0.15) is 0 Å². The van der Waals surface area contributed by atoms with E-state index in [1.165, 1.54) is 0 Å². The van der Waals surface area contributed by atoms with Crippen molar-refractivity contribution in [2.24, 2.45) is 5.73 Å². The van der Waals surface area contributed by atoms with Crippen molar-refractivity contribution in [3.63, 3.8) is 0 Å². The first-order valence-electron chi connectivity index (χ1n) is 6.04. The van der Waals surface area contributed by atoms with Gasteiger partial charge in [-0.1, -0.05) is 6.07 Å². The fraction of sp³-hybridized carbons (Fsp3) is 0.462. The molecule has 3 N–H and O–H groups in total. The minimum Gasteiger partial charge on any atom is -0.490 e. The van der Waals surface area contributed by atoms with Crippen molar-refractivity contribution < 1.29 is 19.4 Å². The van der Waals surface area contributed by atoms with Crippen molar-refractivity contribution in [2.45, 2.75) is 25.3 Å². The van der Waals surface area contributed by atoms with Crippen molar-refractivity contribution in [2.75, 3.05) is 13.2 Å². The number of ether oxygens (including phenoxy) is 2. The Labute approximate surface area is 106 Å². The molecule has 98 valence electrons. The second-order valence-corrected chi connectivity index (χ2v) is 4.30. The standard InChI is InChI=1S/C13H17NO4/c14-10(3-5-13(15)16)9-2-4-11-12(8-9)18-7-1-6-17-11/h2,4,8,10H,1,3,5-7,14H2,(H,15,16). The summed E-state index contributed by atoms with van der Waals surface area (Å²) in [4.78, 5) is 10.5. The van der Waals surface area contributed by atoms with Gasteiger partial charge in [0.25, 0.3) is 0 Å². The van der Waals surface area contributed by atoms with Crippen LogP contribution in [0.25, 0.3) is 0 Å². The molecule has 5 nitrogen and oxygen atoms in total. The average Bonchev–Trinajstić information content (AvgIpc) is 2.60. The Morgan fingerprint density at radius 1 is 1.33 bits per heavy atom. The summed E-state index contributed by atoms with van der Waals surface area (Å²) in [6.07, 6.45) is 1.33. The van der Waals surface area contributed by atoms with E-state index in [-0.39, 0.29) is 12.5 Å². The molecule has 2 rings (SSSR count). The smallest absolute Gasteiger partial charge is 0.303 e. The van der Waals surface area contributed by atoms with Crippen molar-refractivity contribution in [3.05, 3.63) is 23.8 Å². The quantitative estimate of drug-likeness (QED) is 0.851. The molecule has 1 atom stereocenters. The highest BCUT2D eigenvalue weighted by atomic mass is 16.5. The van der Waals surface area contributed by atoms with Crippen LogP contribution in [-0.4, -0.2) is 24.3 Å². The molecule has 0 bridgehead atoms. The van der Waals surface area contributed by atoms with Gasteiger partial charge in [0, 0.05) is 18.9 Å². The van der Waals surface area contributed by atoms with Crippen molar-refractivity contribution in [1.82, 2.24) is 0 Å². The third-order valence-corrected chi connectivity index (χ3v) is 2.87. The Balaban J connectivity index is 2.09. The van der Waals surface area contributed by atoms with E-state index in [9.17, 15) is 4.79 Å². The highest BCUT2D eigenvalue weighted by Crippen LogP contribution is 2.32. The molecule has 1 heterocycles. The summed E-state index contributed by atoms with van der Waals surface area (Å²) < 4.78 is 11.1. The lowest BCUT2D eigenvalue weighted by Crippen LogP contribution is -2.12. The van der Waals surface area contributed by atoms with Gasteiger partial charge in [0.05, 0.1) is 13.2 Å². The number of benzene rings is 1. The summed E-state index contributed by atoms with van der Waals surface area (Å²) in [7, 11) is 0. The first-order valence-corrected chi connectivity index (χ1v) is 6.04. The minimum atomic E-state index is -0.834. The first-order chi connectivity index (χ1) is 8.66. The zero-order valence-electron chi connectivity index (χ0n) is 10.1. The highest BCUT2D eigenvalue weighted by Gasteiger charge is 2.14. The molecule has 0 aliphatic carbocycles. The van der Waals surface area contributed by atoms with Crippen molar-refractivity contribution in [3.8, 4) is 11.5 Å². The molecule has 0 spiro atoms. The van der Waals surface area contributed by atoms with Gasteiger partial charge in [-0.25, -0.2) is 0 Å². The van der Waals surface area contributed by atoms with Gasteiger partial charge in [-0.15, -0.1) is 0 Å². The Hall–Kier alpha value is -1.75. The van der Waals surface area contributed by atoms with Crippen LogP contribution in [0.3, 0.4) is 0 Å². The molecule has 1 aliphatic rings. The minimum absolute atomic E-state index is 0.0651. The van der Waals surface area contributed by atoms with Gasteiger partial charge < -0.3 is 20.3 Å². The second kappa shape index (κ2) is 5.73. The second-order valence-electron chi connectivity index (χ2n) is 4.30. The predicted molar refractivity (Wildman–Crippen MR) is 65.8 cm³/mol. The summed E-state index contributed by atoms with van der Waals surface area (Å²) >= 11 is 0. The van der Waals surface area contributed by atoms with E-state index < -0.39 is 5.97 Å². The molecule has 0 aromatic heterocycles. The average molecular weight is 251 g/mol. The molecule has 1 aromatic carbocycles. The van der Waals surface area contributed by atoms with Crippen LogP contribution in [0.1, 0.15) is 30.9 Å². The third-order valence-electron chi connectivity index (χ3n) is 2.87. The third kappa shape index (κ3) is 3.13.